The van der Waals surface area contributed by atoms with Crippen molar-refractivity contribution in [2.45, 2.75) is 38.8 Å². The number of carbonyl (C=O) groups is 1. The van der Waals surface area contributed by atoms with E-state index in [2.05, 4.69) is 28.5 Å². The van der Waals surface area contributed by atoms with Crippen molar-refractivity contribution in [2.24, 2.45) is 5.41 Å². The number of anilines is 1. The van der Waals surface area contributed by atoms with Crippen LogP contribution in [0.5, 0.6) is 0 Å². The molecule has 2 aromatic rings. The van der Waals surface area contributed by atoms with Crippen LogP contribution in [0.1, 0.15) is 42.9 Å². The molecule has 1 aliphatic carbocycles. The van der Waals surface area contributed by atoms with E-state index in [-0.39, 0.29) is 11.3 Å². The van der Waals surface area contributed by atoms with Crippen LogP contribution in [-0.2, 0) is 11.3 Å². The molecular formula is C22H22N4OS. The molecule has 1 aliphatic heterocycles. The summed E-state index contributed by atoms with van der Waals surface area (Å²) in [7, 11) is 0. The average molecular weight is 391 g/mol. The first kappa shape index (κ1) is 18.5. The van der Waals surface area contributed by atoms with Gasteiger partial charge in [-0.15, -0.1) is 0 Å². The Kier molecular flexibility index (Phi) is 4.83. The van der Waals surface area contributed by atoms with Crippen LogP contribution in [0.15, 0.2) is 35.0 Å². The van der Waals surface area contributed by atoms with Crippen LogP contribution >= 0.6 is 11.3 Å². The van der Waals surface area contributed by atoms with E-state index < -0.39 is 0 Å². The van der Waals surface area contributed by atoms with Crippen molar-refractivity contribution in [3.05, 3.63) is 51.7 Å². The molecule has 28 heavy (non-hydrogen) atoms. The molecule has 6 heteroatoms. The van der Waals surface area contributed by atoms with E-state index >= 15 is 0 Å². The van der Waals surface area contributed by atoms with Crippen molar-refractivity contribution >= 4 is 22.9 Å². The number of carbonyl (C=O) groups excluding carboxylic acids is 1. The Morgan fingerprint density at radius 3 is 2.46 bits per heavy atom. The summed E-state index contributed by atoms with van der Waals surface area (Å²) < 4.78 is 0. The highest BCUT2D eigenvalue weighted by Gasteiger charge is 2.58. The molecule has 2 heterocycles. The fraction of sp³-hybridized carbons (Fsp3) is 0.409. The van der Waals surface area contributed by atoms with Crippen molar-refractivity contribution in [3.8, 4) is 12.1 Å². The maximum absolute atomic E-state index is 12.3. The first-order valence-electron chi connectivity index (χ1n) is 9.54. The number of para-hydroxylation sites is 1. The van der Waals surface area contributed by atoms with E-state index in [4.69, 9.17) is 0 Å². The van der Waals surface area contributed by atoms with Crippen molar-refractivity contribution in [1.82, 2.24) is 4.90 Å². The molecule has 1 spiro atoms. The second-order valence-electron chi connectivity index (χ2n) is 7.77. The van der Waals surface area contributed by atoms with E-state index in [1.807, 2.05) is 10.3 Å². The summed E-state index contributed by atoms with van der Waals surface area (Å²) in [5.74, 6) is 0.136. The smallest absolute Gasteiger partial charge is 0.220 e. The molecule has 1 saturated heterocycles. The van der Waals surface area contributed by atoms with Gasteiger partial charge in [0.1, 0.15) is 12.1 Å². The molecular weight excluding hydrogens is 368 g/mol. The predicted octanol–water partition coefficient (Wildman–Crippen LogP) is 3.90. The maximum Gasteiger partial charge on any atom is 0.220 e. The summed E-state index contributed by atoms with van der Waals surface area (Å²) in [5.41, 5.74) is 3.27. The van der Waals surface area contributed by atoms with Crippen molar-refractivity contribution in [2.75, 3.05) is 18.0 Å². The zero-order chi connectivity index (χ0) is 19.7. The van der Waals surface area contributed by atoms with Gasteiger partial charge < -0.3 is 9.80 Å². The highest BCUT2D eigenvalue weighted by molar-refractivity contribution is 7.07. The van der Waals surface area contributed by atoms with E-state index in [0.29, 0.717) is 23.7 Å². The molecule has 2 aliphatic rings. The molecule has 1 aromatic heterocycles. The van der Waals surface area contributed by atoms with E-state index in [0.717, 1.165) is 38.0 Å². The number of hydrogen-bond acceptors (Lipinski definition) is 5. The summed E-state index contributed by atoms with van der Waals surface area (Å²) in [6.45, 7) is 3.98. The lowest BCUT2D eigenvalue weighted by atomic mass is 9.91. The standard InChI is InChI=1S/C22H22N4OS/c1-16(27)26(14-17-5-10-28-15-17)20-11-22(20)6-8-25(9-7-22)21-18(12-23)3-2-4-19(21)13-24/h2-5,10,15,20H,6-9,11,14H2,1H3. The van der Waals surface area contributed by atoms with Crippen molar-refractivity contribution < 1.29 is 4.79 Å². The summed E-state index contributed by atoms with van der Waals surface area (Å²) in [6.07, 6.45) is 3.01. The number of nitrogens with zero attached hydrogens (tertiary/aromatic N) is 4. The maximum atomic E-state index is 12.3. The van der Waals surface area contributed by atoms with Gasteiger partial charge >= 0.3 is 0 Å². The van der Waals surface area contributed by atoms with Crippen LogP contribution in [0, 0.1) is 28.1 Å². The van der Waals surface area contributed by atoms with Gasteiger partial charge in [0.15, 0.2) is 0 Å². The van der Waals surface area contributed by atoms with Crippen molar-refractivity contribution in [3.63, 3.8) is 0 Å². The van der Waals surface area contributed by atoms with Crippen LogP contribution in [0.4, 0.5) is 5.69 Å². The normalized spacial score (nSPS) is 19.7. The Hall–Kier alpha value is -2.83. The van der Waals surface area contributed by atoms with Gasteiger partial charge in [0, 0.05) is 32.6 Å². The minimum absolute atomic E-state index is 0.136. The lowest BCUT2D eigenvalue weighted by Crippen LogP contribution is -2.40. The zero-order valence-corrected chi connectivity index (χ0v) is 16.7. The third kappa shape index (κ3) is 3.25. The van der Waals surface area contributed by atoms with Gasteiger partial charge in [-0.1, -0.05) is 6.07 Å². The third-order valence-electron chi connectivity index (χ3n) is 6.21. The first-order chi connectivity index (χ1) is 13.6. The van der Waals surface area contributed by atoms with Gasteiger partial charge in [0.2, 0.25) is 5.91 Å². The van der Waals surface area contributed by atoms with E-state index in [1.54, 1.807) is 36.5 Å². The summed E-state index contributed by atoms with van der Waals surface area (Å²) in [6, 6.07) is 12.2. The first-order valence-corrected chi connectivity index (χ1v) is 10.5. The zero-order valence-electron chi connectivity index (χ0n) is 15.9. The molecule has 5 nitrogen and oxygen atoms in total. The van der Waals surface area contributed by atoms with Crippen LogP contribution < -0.4 is 4.90 Å². The second kappa shape index (κ2) is 7.30. The minimum atomic E-state index is 0.136. The topological polar surface area (TPSA) is 71.1 Å². The molecule has 4 rings (SSSR count). The second-order valence-corrected chi connectivity index (χ2v) is 8.55. The van der Waals surface area contributed by atoms with E-state index in [1.165, 1.54) is 5.56 Å². The number of hydrogen-bond donors (Lipinski definition) is 0. The minimum Gasteiger partial charge on any atom is -0.369 e. The van der Waals surface area contributed by atoms with E-state index in [9.17, 15) is 15.3 Å². The summed E-state index contributed by atoms with van der Waals surface area (Å²) in [4.78, 5) is 16.5. The highest BCUT2D eigenvalue weighted by atomic mass is 32.1. The molecule has 0 N–H and O–H groups in total. The van der Waals surface area contributed by atoms with Gasteiger partial charge in [0.05, 0.1) is 16.8 Å². The summed E-state index contributed by atoms with van der Waals surface area (Å²) >= 11 is 1.66. The number of piperidine rings is 1. The van der Waals surface area contributed by atoms with Gasteiger partial charge in [-0.25, -0.2) is 0 Å². The lowest BCUT2D eigenvalue weighted by molar-refractivity contribution is -0.130. The third-order valence-corrected chi connectivity index (χ3v) is 6.94. The molecule has 1 atom stereocenters. The van der Waals surface area contributed by atoms with Gasteiger partial charge in [-0.2, -0.15) is 21.9 Å². The molecule has 0 bridgehead atoms. The molecule has 1 unspecified atom stereocenters. The predicted molar refractivity (Wildman–Crippen MR) is 109 cm³/mol. The van der Waals surface area contributed by atoms with Gasteiger partial charge in [-0.3, -0.25) is 4.79 Å². The molecule has 2 fully saturated rings. The SMILES string of the molecule is CC(=O)N(Cc1ccsc1)C1CC12CCN(c1c(C#N)cccc1C#N)CC2. The number of amides is 1. The number of thiophene rings is 1. The number of rotatable bonds is 4. The van der Waals surface area contributed by atoms with Gasteiger partial charge in [-0.05, 0) is 59.2 Å². The van der Waals surface area contributed by atoms with Crippen LogP contribution in [0.2, 0.25) is 0 Å². The Balaban J connectivity index is 1.48. The number of benzene rings is 1. The molecule has 142 valence electrons. The Morgan fingerprint density at radius 1 is 1.25 bits per heavy atom. The van der Waals surface area contributed by atoms with Crippen LogP contribution in [0.25, 0.3) is 0 Å². The quantitative estimate of drug-likeness (QED) is 0.794. The molecule has 1 saturated carbocycles. The molecule has 0 radical (unpaired) electrons. The average Bonchev–Trinajstić information content (AvgIpc) is 3.14. The van der Waals surface area contributed by atoms with Crippen LogP contribution in [-0.4, -0.2) is 29.9 Å². The lowest BCUT2D eigenvalue weighted by Gasteiger charge is -2.36. The molecule has 1 amide bonds. The Labute approximate surface area is 169 Å². The van der Waals surface area contributed by atoms with Crippen molar-refractivity contribution in [1.29, 1.82) is 10.5 Å². The summed E-state index contributed by atoms with van der Waals surface area (Å²) in [5, 5.41) is 23.1. The van der Waals surface area contributed by atoms with Crippen LogP contribution in [0.3, 0.4) is 0 Å². The fourth-order valence-electron chi connectivity index (χ4n) is 4.56. The number of nitriles is 2. The largest absolute Gasteiger partial charge is 0.369 e. The highest BCUT2D eigenvalue weighted by Crippen LogP contribution is 2.57. The Morgan fingerprint density at radius 2 is 1.93 bits per heavy atom. The monoisotopic (exact) mass is 390 g/mol. The Bertz CT molecular complexity index is 929. The fourth-order valence-corrected chi connectivity index (χ4v) is 5.22. The molecule has 1 aromatic carbocycles. The van der Waals surface area contributed by atoms with Gasteiger partial charge in [0.25, 0.3) is 0 Å².